The number of ether oxygens (including phenoxy) is 1. The summed E-state index contributed by atoms with van der Waals surface area (Å²) in [6.07, 6.45) is 4.62. The lowest BCUT2D eigenvalue weighted by Gasteiger charge is -2.23. The van der Waals surface area contributed by atoms with E-state index in [0.717, 1.165) is 48.1 Å². The van der Waals surface area contributed by atoms with Gasteiger partial charge in [0.15, 0.2) is 0 Å². The number of hydrogen-bond donors (Lipinski definition) is 2. The van der Waals surface area contributed by atoms with Gasteiger partial charge in [-0.25, -0.2) is 0 Å². The molecule has 0 saturated carbocycles. The summed E-state index contributed by atoms with van der Waals surface area (Å²) in [6, 6.07) is 15.9. The molecule has 28 heavy (non-hydrogen) atoms. The maximum atomic E-state index is 10.3. The zero-order valence-electron chi connectivity index (χ0n) is 16.4. The van der Waals surface area contributed by atoms with E-state index in [-0.39, 0.29) is 0 Å². The molecule has 1 atom stereocenters. The van der Waals surface area contributed by atoms with Crippen LogP contribution in [0.2, 0.25) is 5.02 Å². The molecule has 0 radical (unpaired) electrons. The molecule has 1 saturated heterocycles. The number of aliphatic hydroxyl groups is 1. The SMILES string of the molecule is O[C@H](COc1cccc(CNCc2ccccc2Cl)c1)CN1CCCCCC1. The summed E-state index contributed by atoms with van der Waals surface area (Å²) in [5.41, 5.74) is 2.24. The lowest BCUT2D eigenvalue weighted by Crippen LogP contribution is -2.36. The topological polar surface area (TPSA) is 44.7 Å². The van der Waals surface area contributed by atoms with Gasteiger partial charge in [0.05, 0.1) is 0 Å². The van der Waals surface area contributed by atoms with Gasteiger partial charge in [-0.1, -0.05) is 54.8 Å². The van der Waals surface area contributed by atoms with Crippen LogP contribution >= 0.6 is 11.6 Å². The van der Waals surface area contributed by atoms with Gasteiger partial charge in [-0.2, -0.15) is 0 Å². The highest BCUT2D eigenvalue weighted by Gasteiger charge is 2.14. The number of β-amino-alcohol motifs (C(OH)–C–C–N with tert-alkyl or cyclic N) is 1. The minimum absolute atomic E-state index is 0.326. The number of nitrogens with zero attached hydrogens (tertiary/aromatic N) is 1. The maximum Gasteiger partial charge on any atom is 0.119 e. The first kappa shape index (κ1) is 21.1. The van der Waals surface area contributed by atoms with Crippen LogP contribution in [0.1, 0.15) is 36.8 Å². The smallest absolute Gasteiger partial charge is 0.119 e. The number of rotatable bonds is 9. The van der Waals surface area contributed by atoms with E-state index in [0.29, 0.717) is 13.2 Å². The molecule has 1 aliphatic heterocycles. The number of benzene rings is 2. The molecule has 2 aromatic carbocycles. The molecule has 0 spiro atoms. The van der Waals surface area contributed by atoms with Crippen molar-refractivity contribution in [2.24, 2.45) is 0 Å². The van der Waals surface area contributed by atoms with Crippen LogP contribution in [0.15, 0.2) is 48.5 Å². The molecule has 1 aliphatic rings. The predicted octanol–water partition coefficient (Wildman–Crippen LogP) is 4.25. The molecule has 152 valence electrons. The van der Waals surface area contributed by atoms with Gasteiger partial charge < -0.3 is 20.1 Å². The number of nitrogens with one attached hydrogen (secondary N) is 1. The van der Waals surface area contributed by atoms with E-state index in [1.165, 1.54) is 25.7 Å². The molecule has 0 unspecified atom stereocenters. The summed E-state index contributed by atoms with van der Waals surface area (Å²) in [6.45, 7) is 4.65. The highest BCUT2D eigenvalue weighted by Crippen LogP contribution is 2.16. The van der Waals surface area contributed by atoms with Crippen LogP contribution in [-0.4, -0.2) is 42.4 Å². The molecule has 3 rings (SSSR count). The number of hydrogen-bond acceptors (Lipinski definition) is 4. The molecular formula is C23H31ClN2O2. The Morgan fingerprint density at radius 2 is 1.79 bits per heavy atom. The number of halogens is 1. The lowest BCUT2D eigenvalue weighted by molar-refractivity contribution is 0.0693. The molecule has 5 heteroatoms. The molecule has 1 heterocycles. The molecule has 1 fully saturated rings. The molecule has 2 N–H and O–H groups in total. The Bertz CT molecular complexity index is 717. The third-order valence-electron chi connectivity index (χ3n) is 5.11. The summed E-state index contributed by atoms with van der Waals surface area (Å²) in [7, 11) is 0. The van der Waals surface area contributed by atoms with Crippen molar-refractivity contribution in [2.45, 2.75) is 44.9 Å². The van der Waals surface area contributed by atoms with Gasteiger partial charge in [-0.15, -0.1) is 0 Å². The summed E-state index contributed by atoms with van der Waals surface area (Å²) in [5.74, 6) is 0.798. The first-order chi connectivity index (χ1) is 13.7. The van der Waals surface area contributed by atoms with E-state index in [9.17, 15) is 5.11 Å². The van der Waals surface area contributed by atoms with Crippen LogP contribution in [0.25, 0.3) is 0 Å². The van der Waals surface area contributed by atoms with Gasteiger partial charge in [0.1, 0.15) is 18.5 Å². The molecule has 2 aromatic rings. The molecule has 0 amide bonds. The summed E-state index contributed by atoms with van der Waals surface area (Å²) < 4.78 is 5.84. The Labute approximate surface area is 173 Å². The van der Waals surface area contributed by atoms with Crippen LogP contribution in [0.3, 0.4) is 0 Å². The normalized spacial score (nSPS) is 16.5. The molecule has 0 aliphatic carbocycles. The summed E-state index contributed by atoms with van der Waals surface area (Å²) >= 11 is 6.19. The third-order valence-corrected chi connectivity index (χ3v) is 5.48. The molecule has 0 bridgehead atoms. The Morgan fingerprint density at radius 1 is 1.00 bits per heavy atom. The third kappa shape index (κ3) is 7.10. The zero-order chi connectivity index (χ0) is 19.6. The van der Waals surface area contributed by atoms with Gasteiger partial charge in [0.2, 0.25) is 0 Å². The van der Waals surface area contributed by atoms with Gasteiger partial charge >= 0.3 is 0 Å². The van der Waals surface area contributed by atoms with E-state index in [2.05, 4.69) is 16.3 Å². The van der Waals surface area contributed by atoms with Crippen molar-refractivity contribution in [1.82, 2.24) is 10.2 Å². The van der Waals surface area contributed by atoms with Crippen molar-refractivity contribution in [3.05, 3.63) is 64.7 Å². The van der Waals surface area contributed by atoms with Gasteiger partial charge in [-0.05, 0) is 55.3 Å². The van der Waals surface area contributed by atoms with Crippen molar-refractivity contribution in [3.63, 3.8) is 0 Å². The Morgan fingerprint density at radius 3 is 2.57 bits per heavy atom. The maximum absolute atomic E-state index is 10.3. The fourth-order valence-corrected chi connectivity index (χ4v) is 3.79. The summed E-state index contributed by atoms with van der Waals surface area (Å²) in [4.78, 5) is 2.36. The Balaban J connectivity index is 1.42. The predicted molar refractivity (Wildman–Crippen MR) is 115 cm³/mol. The molecular weight excluding hydrogens is 372 g/mol. The van der Waals surface area contributed by atoms with Crippen molar-refractivity contribution in [2.75, 3.05) is 26.2 Å². The summed E-state index contributed by atoms with van der Waals surface area (Å²) in [5, 5.41) is 14.5. The zero-order valence-corrected chi connectivity index (χ0v) is 17.2. The van der Waals surface area contributed by atoms with Crippen LogP contribution < -0.4 is 10.1 Å². The lowest BCUT2D eigenvalue weighted by atomic mass is 10.2. The van der Waals surface area contributed by atoms with E-state index in [4.69, 9.17) is 16.3 Å². The van der Waals surface area contributed by atoms with Crippen molar-refractivity contribution < 1.29 is 9.84 Å². The largest absolute Gasteiger partial charge is 0.491 e. The number of aliphatic hydroxyl groups excluding tert-OH is 1. The first-order valence-electron chi connectivity index (χ1n) is 10.3. The molecule has 4 nitrogen and oxygen atoms in total. The van der Waals surface area contributed by atoms with Crippen LogP contribution in [0.4, 0.5) is 0 Å². The van der Waals surface area contributed by atoms with E-state index < -0.39 is 6.10 Å². The van der Waals surface area contributed by atoms with Crippen LogP contribution in [-0.2, 0) is 13.1 Å². The second-order valence-corrected chi connectivity index (χ2v) is 7.93. The Hall–Kier alpha value is -1.59. The van der Waals surface area contributed by atoms with E-state index in [1.807, 2.05) is 42.5 Å². The highest BCUT2D eigenvalue weighted by molar-refractivity contribution is 6.31. The molecule has 0 aromatic heterocycles. The van der Waals surface area contributed by atoms with Gasteiger partial charge in [0.25, 0.3) is 0 Å². The fourth-order valence-electron chi connectivity index (χ4n) is 3.59. The Kier molecular flexibility index (Phi) is 8.62. The number of likely N-dealkylation sites (tertiary alicyclic amines) is 1. The van der Waals surface area contributed by atoms with E-state index >= 15 is 0 Å². The standard InChI is InChI=1S/C23H31ClN2O2/c24-23-11-4-3-9-20(23)16-25-15-19-8-7-10-22(14-19)28-18-21(27)17-26-12-5-1-2-6-13-26/h3-4,7-11,14,21,25,27H,1-2,5-6,12-13,15-18H2/t21-/m0/s1. The minimum Gasteiger partial charge on any atom is -0.491 e. The monoisotopic (exact) mass is 402 g/mol. The van der Waals surface area contributed by atoms with Crippen LogP contribution in [0.5, 0.6) is 5.75 Å². The quantitative estimate of drug-likeness (QED) is 0.658. The fraction of sp³-hybridized carbons (Fsp3) is 0.478. The van der Waals surface area contributed by atoms with Crippen molar-refractivity contribution >= 4 is 11.6 Å². The second kappa shape index (κ2) is 11.4. The van der Waals surface area contributed by atoms with E-state index in [1.54, 1.807) is 0 Å². The van der Waals surface area contributed by atoms with Crippen LogP contribution in [0, 0.1) is 0 Å². The highest BCUT2D eigenvalue weighted by atomic mass is 35.5. The van der Waals surface area contributed by atoms with Crippen molar-refractivity contribution in [1.29, 1.82) is 0 Å². The van der Waals surface area contributed by atoms with Gasteiger partial charge in [-0.3, -0.25) is 0 Å². The minimum atomic E-state index is -0.458. The van der Waals surface area contributed by atoms with Gasteiger partial charge in [0, 0.05) is 24.7 Å². The second-order valence-electron chi connectivity index (χ2n) is 7.52. The van der Waals surface area contributed by atoms with Crippen molar-refractivity contribution in [3.8, 4) is 5.75 Å². The first-order valence-corrected chi connectivity index (χ1v) is 10.6. The average molecular weight is 403 g/mol. The average Bonchev–Trinajstić information content (AvgIpc) is 2.97.